The molecule has 1 N–H and O–H groups in total. The smallest absolute Gasteiger partial charge is 0.0930 e. The number of rotatable bonds is 3. The van der Waals surface area contributed by atoms with E-state index in [9.17, 15) is 0 Å². The average molecular weight is 234 g/mol. The van der Waals surface area contributed by atoms with Crippen LogP contribution in [0.3, 0.4) is 0 Å². The zero-order valence-corrected chi connectivity index (χ0v) is 11.1. The molecule has 3 heteroatoms. The number of nitrogens with zero attached hydrogens (tertiary/aromatic N) is 1. The van der Waals surface area contributed by atoms with Gasteiger partial charge in [0.05, 0.1) is 10.7 Å². The summed E-state index contributed by atoms with van der Waals surface area (Å²) in [6.45, 7) is 8.06. The van der Waals surface area contributed by atoms with Crippen LogP contribution in [-0.4, -0.2) is 10.7 Å². The predicted octanol–water partition coefficient (Wildman–Crippen LogP) is 3.22. The fraction of sp³-hybridized carbons (Fsp3) is 0.385. The summed E-state index contributed by atoms with van der Waals surface area (Å²) in [5, 5.41) is 4.26. The Labute approximate surface area is 103 Å². The number of thiocarbonyl (C=S) groups is 1. The molecule has 0 amide bonds. The summed E-state index contributed by atoms with van der Waals surface area (Å²) in [7, 11) is 0. The Hall–Kier alpha value is -1.22. The minimum atomic E-state index is 0.684. The lowest BCUT2D eigenvalue weighted by molar-refractivity contribution is 1.03. The van der Waals surface area contributed by atoms with Crippen molar-refractivity contribution in [2.24, 2.45) is 5.10 Å². The van der Waals surface area contributed by atoms with Crippen LogP contribution in [0.15, 0.2) is 23.3 Å². The van der Waals surface area contributed by atoms with Gasteiger partial charge in [0.1, 0.15) is 0 Å². The van der Waals surface area contributed by atoms with Gasteiger partial charge in [-0.05, 0) is 44.4 Å². The monoisotopic (exact) mass is 234 g/mol. The summed E-state index contributed by atoms with van der Waals surface area (Å²) in [6.07, 6.45) is 1.04. The van der Waals surface area contributed by atoms with Gasteiger partial charge in [-0.3, -0.25) is 5.43 Å². The third-order valence-electron chi connectivity index (χ3n) is 2.48. The molecule has 0 atom stereocenters. The van der Waals surface area contributed by atoms with Gasteiger partial charge < -0.3 is 0 Å². The number of hydrogen-bond acceptors (Lipinski definition) is 2. The van der Waals surface area contributed by atoms with Crippen LogP contribution < -0.4 is 5.43 Å². The van der Waals surface area contributed by atoms with E-state index in [0.29, 0.717) is 4.99 Å². The number of hydrogen-bond donors (Lipinski definition) is 1. The molecule has 0 saturated carbocycles. The predicted molar refractivity (Wildman–Crippen MR) is 74.2 cm³/mol. The van der Waals surface area contributed by atoms with Crippen LogP contribution in [0.4, 0.5) is 0 Å². The van der Waals surface area contributed by atoms with Crippen molar-refractivity contribution >= 4 is 22.9 Å². The number of benzene rings is 1. The van der Waals surface area contributed by atoms with Gasteiger partial charge in [-0.25, -0.2) is 0 Å². The van der Waals surface area contributed by atoms with Crippen molar-refractivity contribution in [3.05, 3.63) is 34.9 Å². The van der Waals surface area contributed by atoms with Crippen LogP contribution in [0, 0.1) is 6.92 Å². The second-order valence-corrected chi connectivity index (χ2v) is 4.48. The first-order valence-corrected chi connectivity index (χ1v) is 5.86. The Morgan fingerprint density at radius 1 is 1.38 bits per heavy atom. The summed E-state index contributed by atoms with van der Waals surface area (Å²) in [5.74, 6) is 0. The molecule has 0 unspecified atom stereocenters. The first-order chi connectivity index (χ1) is 7.54. The minimum Gasteiger partial charge on any atom is -0.272 e. The van der Waals surface area contributed by atoms with Gasteiger partial charge in [0.15, 0.2) is 0 Å². The third-order valence-corrected chi connectivity index (χ3v) is 2.57. The van der Waals surface area contributed by atoms with Crippen molar-refractivity contribution in [2.45, 2.75) is 34.1 Å². The highest BCUT2D eigenvalue weighted by atomic mass is 32.1. The molecule has 0 fully saturated rings. The third kappa shape index (κ3) is 3.42. The molecule has 86 valence electrons. The quantitative estimate of drug-likeness (QED) is 0.493. The van der Waals surface area contributed by atoms with E-state index >= 15 is 0 Å². The van der Waals surface area contributed by atoms with Crippen molar-refractivity contribution in [1.82, 2.24) is 5.43 Å². The van der Waals surface area contributed by atoms with E-state index in [0.717, 1.165) is 12.1 Å². The van der Waals surface area contributed by atoms with E-state index in [1.165, 1.54) is 16.7 Å². The summed E-state index contributed by atoms with van der Waals surface area (Å²) in [6, 6.07) is 6.48. The first kappa shape index (κ1) is 12.8. The van der Waals surface area contributed by atoms with Crippen LogP contribution in [0.1, 0.15) is 37.5 Å². The molecule has 2 nitrogen and oxygen atoms in total. The van der Waals surface area contributed by atoms with Gasteiger partial charge in [-0.1, -0.05) is 31.3 Å². The zero-order valence-electron chi connectivity index (χ0n) is 10.3. The van der Waals surface area contributed by atoms with Gasteiger partial charge >= 0.3 is 0 Å². The summed E-state index contributed by atoms with van der Waals surface area (Å²) in [5.41, 5.74) is 7.55. The van der Waals surface area contributed by atoms with Crippen molar-refractivity contribution < 1.29 is 0 Å². The number of aryl methyl sites for hydroxylation is 2. The van der Waals surface area contributed by atoms with Gasteiger partial charge in [0.2, 0.25) is 0 Å². The lowest BCUT2D eigenvalue weighted by Gasteiger charge is -2.08. The molecule has 1 aromatic rings. The van der Waals surface area contributed by atoms with E-state index in [1.807, 2.05) is 13.8 Å². The molecule has 0 aliphatic heterocycles. The van der Waals surface area contributed by atoms with Crippen LogP contribution >= 0.6 is 12.2 Å². The molecule has 0 spiro atoms. The molecule has 0 aromatic heterocycles. The maximum absolute atomic E-state index is 4.93. The van der Waals surface area contributed by atoms with Crippen LogP contribution in [0.5, 0.6) is 0 Å². The Kier molecular flexibility index (Phi) is 4.62. The van der Waals surface area contributed by atoms with E-state index in [-0.39, 0.29) is 0 Å². The second kappa shape index (κ2) is 5.75. The van der Waals surface area contributed by atoms with Gasteiger partial charge in [-0.15, -0.1) is 0 Å². The lowest BCUT2D eigenvalue weighted by Crippen LogP contribution is -2.13. The maximum Gasteiger partial charge on any atom is 0.0930 e. The SMILES string of the molecule is CCc1ccc(C)c(/C(C)=N/NC(C)=S)c1. The highest BCUT2D eigenvalue weighted by Gasteiger charge is 2.03. The van der Waals surface area contributed by atoms with Crippen LogP contribution in [0.25, 0.3) is 0 Å². The molecular weight excluding hydrogens is 216 g/mol. The largest absolute Gasteiger partial charge is 0.272 e. The summed E-state index contributed by atoms with van der Waals surface area (Å²) in [4.78, 5) is 0.684. The molecule has 0 bridgehead atoms. The van der Waals surface area contributed by atoms with E-state index in [1.54, 1.807) is 0 Å². The van der Waals surface area contributed by atoms with Crippen LogP contribution in [0.2, 0.25) is 0 Å². The summed E-state index contributed by atoms with van der Waals surface area (Å²) >= 11 is 4.93. The highest BCUT2D eigenvalue weighted by molar-refractivity contribution is 7.80. The fourth-order valence-corrected chi connectivity index (χ4v) is 1.55. The molecular formula is C13H18N2S. The minimum absolute atomic E-state index is 0.684. The standard InChI is InChI=1S/C13H18N2S/c1-5-12-7-6-9(2)13(8-12)10(3)14-15-11(4)16/h6-8H,5H2,1-4H3,(H,15,16)/b14-10+. The molecule has 0 saturated heterocycles. The Bertz CT molecular complexity index is 422. The number of nitrogens with one attached hydrogen (secondary N) is 1. The van der Waals surface area contributed by atoms with Crippen molar-refractivity contribution in [3.63, 3.8) is 0 Å². The molecule has 1 aromatic carbocycles. The maximum atomic E-state index is 4.93. The van der Waals surface area contributed by atoms with Crippen molar-refractivity contribution in [2.75, 3.05) is 0 Å². The Morgan fingerprint density at radius 2 is 2.06 bits per heavy atom. The molecule has 0 radical (unpaired) electrons. The molecule has 16 heavy (non-hydrogen) atoms. The topological polar surface area (TPSA) is 24.4 Å². The van der Waals surface area contributed by atoms with Crippen LogP contribution in [-0.2, 0) is 6.42 Å². The molecule has 0 aliphatic carbocycles. The van der Waals surface area contributed by atoms with Crippen molar-refractivity contribution in [3.8, 4) is 0 Å². The van der Waals surface area contributed by atoms with Crippen molar-refractivity contribution in [1.29, 1.82) is 0 Å². The highest BCUT2D eigenvalue weighted by Crippen LogP contribution is 2.12. The van der Waals surface area contributed by atoms with Gasteiger partial charge in [0.25, 0.3) is 0 Å². The van der Waals surface area contributed by atoms with E-state index < -0.39 is 0 Å². The van der Waals surface area contributed by atoms with Gasteiger partial charge in [-0.2, -0.15) is 5.10 Å². The number of hydrazone groups is 1. The Morgan fingerprint density at radius 3 is 2.62 bits per heavy atom. The van der Waals surface area contributed by atoms with Gasteiger partial charge in [0, 0.05) is 5.56 Å². The lowest BCUT2D eigenvalue weighted by atomic mass is 10.0. The Balaban J connectivity index is 3.01. The van der Waals surface area contributed by atoms with E-state index in [2.05, 4.69) is 42.6 Å². The fourth-order valence-electron chi connectivity index (χ4n) is 1.50. The molecule has 1 rings (SSSR count). The second-order valence-electron chi connectivity index (χ2n) is 3.87. The van der Waals surface area contributed by atoms with E-state index in [4.69, 9.17) is 12.2 Å². The summed E-state index contributed by atoms with van der Waals surface area (Å²) < 4.78 is 0. The zero-order chi connectivity index (χ0) is 12.1. The average Bonchev–Trinajstić information content (AvgIpc) is 2.26. The molecule has 0 heterocycles. The molecule has 0 aliphatic rings. The first-order valence-electron chi connectivity index (χ1n) is 5.45. The normalized spacial score (nSPS) is 11.4.